The van der Waals surface area contributed by atoms with Crippen LogP contribution in [0, 0.1) is 0 Å². The third-order valence-corrected chi connectivity index (χ3v) is 7.32. The monoisotopic (exact) mass is 534 g/mol. The number of amides is 1. The second kappa shape index (κ2) is 10.1. The van der Waals surface area contributed by atoms with Crippen molar-refractivity contribution in [2.24, 2.45) is 5.73 Å². The molecular weight excluding hydrogens is 516 g/mol. The number of thiophene rings is 1. The Kier molecular flexibility index (Phi) is 7.49. The molecule has 0 saturated carbocycles. The Balaban J connectivity index is 0.000000243. The quantitative estimate of drug-likeness (QED) is 0.374. The average Bonchev–Trinajstić information content (AvgIpc) is 3.44. The lowest BCUT2D eigenvalue weighted by atomic mass is 10.2. The third kappa shape index (κ3) is 5.26. The number of rotatable bonds is 5. The lowest BCUT2D eigenvalue weighted by Gasteiger charge is -2.08. The Morgan fingerprint density at radius 1 is 1.09 bits per heavy atom. The number of halogens is 1. The maximum Gasteiger partial charge on any atom is 0.348 e. The molecule has 0 bridgehead atoms. The van der Waals surface area contributed by atoms with Crippen molar-refractivity contribution < 1.29 is 22.7 Å². The number of esters is 1. The van der Waals surface area contributed by atoms with Gasteiger partial charge in [0.25, 0.3) is 10.0 Å². The maximum absolute atomic E-state index is 12.8. The predicted molar refractivity (Wildman–Crippen MR) is 127 cm³/mol. The topological polar surface area (TPSA) is 108 Å². The van der Waals surface area contributed by atoms with Crippen LogP contribution in [-0.4, -0.2) is 30.9 Å². The molecule has 0 atom stereocenters. The van der Waals surface area contributed by atoms with Crippen molar-refractivity contribution in [3.63, 3.8) is 0 Å². The standard InChI is InChI=1S/C15H11BrN2O3S.C7H8O2S/c16-12-4-5-14-10(8-12)6-7-18(14)22(20,21)13-3-1-2-11(9-13)15(17)19;1-2-9-7(8)6-4-3-5-10-6/h1-9H,(H2,17,19);3-5H,2H2,1H3. The van der Waals surface area contributed by atoms with Crippen molar-refractivity contribution in [3.8, 4) is 0 Å². The van der Waals surface area contributed by atoms with E-state index >= 15 is 0 Å². The van der Waals surface area contributed by atoms with Gasteiger partial charge in [-0.05, 0) is 60.8 Å². The van der Waals surface area contributed by atoms with Crippen LogP contribution in [0.25, 0.3) is 10.9 Å². The van der Waals surface area contributed by atoms with Crippen LogP contribution in [0.1, 0.15) is 27.0 Å². The van der Waals surface area contributed by atoms with Gasteiger partial charge in [-0.25, -0.2) is 17.2 Å². The van der Waals surface area contributed by atoms with Crippen LogP contribution in [0.4, 0.5) is 0 Å². The lowest BCUT2D eigenvalue weighted by molar-refractivity contribution is 0.0532. The Hall–Kier alpha value is -2.95. The van der Waals surface area contributed by atoms with E-state index in [0.717, 1.165) is 9.86 Å². The summed E-state index contributed by atoms with van der Waals surface area (Å²) in [6.07, 6.45) is 1.49. The molecule has 0 aliphatic heterocycles. The van der Waals surface area contributed by atoms with Gasteiger partial charge in [-0.3, -0.25) is 4.79 Å². The van der Waals surface area contributed by atoms with Gasteiger partial charge in [0.2, 0.25) is 5.91 Å². The largest absolute Gasteiger partial charge is 0.462 e. The van der Waals surface area contributed by atoms with Gasteiger partial charge in [-0.2, -0.15) is 0 Å². The molecule has 2 N–H and O–H groups in total. The molecule has 7 nitrogen and oxygen atoms in total. The summed E-state index contributed by atoms with van der Waals surface area (Å²) in [5.74, 6) is -0.893. The minimum Gasteiger partial charge on any atom is -0.462 e. The summed E-state index contributed by atoms with van der Waals surface area (Å²) < 4.78 is 32.3. The molecule has 166 valence electrons. The number of benzene rings is 2. The summed E-state index contributed by atoms with van der Waals surface area (Å²) in [5.41, 5.74) is 5.92. The molecule has 0 fully saturated rings. The van der Waals surface area contributed by atoms with Gasteiger partial charge in [-0.15, -0.1) is 11.3 Å². The molecule has 0 saturated heterocycles. The van der Waals surface area contributed by atoms with Crippen LogP contribution >= 0.6 is 27.3 Å². The number of nitrogens with two attached hydrogens (primary N) is 1. The molecule has 0 spiro atoms. The first-order chi connectivity index (χ1) is 15.2. The first-order valence-electron chi connectivity index (χ1n) is 9.36. The zero-order valence-corrected chi connectivity index (χ0v) is 20.1. The fraction of sp³-hybridized carbons (Fsp3) is 0.0909. The zero-order chi connectivity index (χ0) is 23.3. The third-order valence-electron chi connectivity index (χ3n) is 4.29. The van der Waals surface area contributed by atoms with Crippen molar-refractivity contribution >= 4 is 60.1 Å². The molecule has 4 aromatic rings. The molecule has 10 heteroatoms. The minimum atomic E-state index is -3.80. The van der Waals surface area contributed by atoms with Crippen molar-refractivity contribution in [2.75, 3.05) is 6.61 Å². The summed E-state index contributed by atoms with van der Waals surface area (Å²) in [5, 5.41) is 2.65. The van der Waals surface area contributed by atoms with Crippen LogP contribution in [0.15, 0.2) is 81.6 Å². The number of hydrogen-bond donors (Lipinski definition) is 1. The van der Waals surface area contributed by atoms with Gasteiger partial charge in [-0.1, -0.05) is 28.1 Å². The van der Waals surface area contributed by atoms with Crippen molar-refractivity contribution in [2.45, 2.75) is 11.8 Å². The molecule has 0 aliphatic rings. The lowest BCUT2D eigenvalue weighted by Crippen LogP contribution is -2.15. The number of carbonyl (C=O) groups excluding carboxylic acids is 2. The summed E-state index contributed by atoms with van der Waals surface area (Å²) >= 11 is 4.75. The summed E-state index contributed by atoms with van der Waals surface area (Å²) in [6.45, 7) is 2.24. The van der Waals surface area contributed by atoms with Gasteiger partial charge in [0.1, 0.15) is 4.88 Å². The summed E-state index contributed by atoms with van der Waals surface area (Å²) in [7, 11) is -3.80. The highest BCUT2D eigenvalue weighted by Crippen LogP contribution is 2.25. The Labute approximate surface area is 197 Å². The first kappa shape index (κ1) is 23.7. The smallest absolute Gasteiger partial charge is 0.348 e. The van der Waals surface area contributed by atoms with Gasteiger partial charge in [0.15, 0.2) is 0 Å². The van der Waals surface area contributed by atoms with E-state index in [9.17, 15) is 18.0 Å². The number of carbonyl (C=O) groups is 2. The molecule has 2 aromatic heterocycles. The SMILES string of the molecule is CCOC(=O)c1cccs1.NC(=O)c1cccc(S(=O)(=O)n2ccc3cc(Br)ccc32)c1. The van der Waals surface area contributed by atoms with E-state index in [2.05, 4.69) is 15.9 Å². The first-order valence-corrected chi connectivity index (χ1v) is 12.5. The van der Waals surface area contributed by atoms with Crippen molar-refractivity contribution in [1.29, 1.82) is 0 Å². The summed E-state index contributed by atoms with van der Waals surface area (Å²) in [6, 6.07) is 16.3. The predicted octanol–water partition coefficient (Wildman–Crippen LogP) is 4.66. The van der Waals surface area contributed by atoms with E-state index in [1.54, 1.807) is 31.2 Å². The highest BCUT2D eigenvalue weighted by atomic mass is 79.9. The molecule has 0 radical (unpaired) electrons. The van der Waals surface area contributed by atoms with Crippen molar-refractivity contribution in [3.05, 3.63) is 87.2 Å². The van der Waals surface area contributed by atoms with E-state index in [1.807, 2.05) is 17.5 Å². The van der Waals surface area contributed by atoms with Crippen LogP contribution in [0.5, 0.6) is 0 Å². The van der Waals surface area contributed by atoms with E-state index in [-0.39, 0.29) is 16.4 Å². The Morgan fingerprint density at radius 3 is 2.53 bits per heavy atom. The fourth-order valence-corrected chi connectivity index (χ4v) is 5.21. The minimum absolute atomic E-state index is 0.0178. The molecule has 0 unspecified atom stereocenters. The Morgan fingerprint density at radius 2 is 1.88 bits per heavy atom. The maximum atomic E-state index is 12.8. The molecule has 4 rings (SSSR count). The van der Waals surface area contributed by atoms with Gasteiger partial charge in [0.05, 0.1) is 17.0 Å². The van der Waals surface area contributed by atoms with Crippen molar-refractivity contribution in [1.82, 2.24) is 3.97 Å². The van der Waals surface area contributed by atoms with Crippen LogP contribution < -0.4 is 5.73 Å². The highest BCUT2D eigenvalue weighted by molar-refractivity contribution is 9.10. The van der Waals surface area contributed by atoms with Crippen LogP contribution in [0.3, 0.4) is 0 Å². The van der Waals surface area contributed by atoms with Gasteiger partial charge in [0, 0.05) is 21.6 Å². The van der Waals surface area contributed by atoms with E-state index in [4.69, 9.17) is 10.5 Å². The molecular formula is C22H19BrN2O5S2. The van der Waals surface area contributed by atoms with Crippen LogP contribution in [-0.2, 0) is 14.8 Å². The molecule has 1 amide bonds. The summed E-state index contributed by atoms with van der Waals surface area (Å²) in [4.78, 5) is 22.8. The molecule has 2 heterocycles. The number of primary amides is 1. The fourth-order valence-electron chi connectivity index (χ4n) is 2.82. The second-order valence-electron chi connectivity index (χ2n) is 6.41. The molecule has 0 aliphatic carbocycles. The number of aromatic nitrogens is 1. The van der Waals surface area contributed by atoms with E-state index in [1.165, 1.54) is 45.8 Å². The number of fused-ring (bicyclic) bond motifs is 1. The Bertz CT molecular complexity index is 1360. The van der Waals surface area contributed by atoms with E-state index < -0.39 is 15.9 Å². The van der Waals surface area contributed by atoms with E-state index in [0.29, 0.717) is 17.0 Å². The number of hydrogen-bond acceptors (Lipinski definition) is 6. The number of ether oxygens (including phenoxy) is 1. The highest BCUT2D eigenvalue weighted by Gasteiger charge is 2.20. The normalized spacial score (nSPS) is 10.9. The number of nitrogens with zero attached hydrogens (tertiary/aromatic N) is 1. The second-order valence-corrected chi connectivity index (χ2v) is 10.1. The molecule has 32 heavy (non-hydrogen) atoms. The average molecular weight is 535 g/mol. The van der Waals surface area contributed by atoms with Gasteiger partial charge >= 0.3 is 5.97 Å². The van der Waals surface area contributed by atoms with Crippen LogP contribution in [0.2, 0.25) is 0 Å². The molecule has 2 aromatic carbocycles. The zero-order valence-electron chi connectivity index (χ0n) is 16.9. The van der Waals surface area contributed by atoms with Gasteiger partial charge < -0.3 is 10.5 Å².